The maximum absolute atomic E-state index is 14.0. The molecule has 0 aliphatic rings. The van der Waals surface area contributed by atoms with Gasteiger partial charge in [-0.15, -0.1) is 0 Å². The van der Waals surface area contributed by atoms with Gasteiger partial charge in [-0.1, -0.05) is 128 Å². The molecule has 0 heterocycles. The first-order valence-corrected chi connectivity index (χ1v) is 18.8. The number of aliphatic hydroxyl groups is 1. The van der Waals surface area contributed by atoms with Crippen LogP contribution in [0, 0.1) is 5.41 Å². The maximum Gasteiger partial charge on any atom is 0.408 e. The van der Waals surface area contributed by atoms with Gasteiger partial charge in [-0.2, -0.15) is 0 Å². The van der Waals surface area contributed by atoms with Crippen LogP contribution in [0.25, 0.3) is 0 Å². The van der Waals surface area contributed by atoms with Gasteiger partial charge in [0, 0.05) is 36.4 Å². The summed E-state index contributed by atoms with van der Waals surface area (Å²) in [6, 6.07) is 28.3. The fourth-order valence-corrected chi connectivity index (χ4v) is 6.21. The zero-order chi connectivity index (χ0) is 42.7. The zero-order valence-corrected chi connectivity index (χ0v) is 32.2. The van der Waals surface area contributed by atoms with Gasteiger partial charge < -0.3 is 42.0 Å². The molecule has 15 nitrogen and oxygen atoms in total. The fraction of sp³-hybridized carbons (Fsp3) is 0.250. The van der Waals surface area contributed by atoms with Crippen molar-refractivity contribution in [2.45, 2.75) is 55.8 Å². The number of carbonyl (C=O) groups is 6. The zero-order valence-electron chi connectivity index (χ0n) is 32.2. The Kier molecular flexibility index (Phi) is 17.1. The number of alkyl carbamates (subject to hydrolysis) is 1. The number of nitrogens with two attached hydrogens (primary N) is 1. The number of carboxylic acids is 1. The number of ketones is 1. The number of hydrogen-bond acceptors (Lipinski definition) is 9. The van der Waals surface area contributed by atoms with Crippen LogP contribution in [-0.2, 0) is 30.3 Å². The van der Waals surface area contributed by atoms with Crippen molar-refractivity contribution in [2.75, 3.05) is 13.2 Å². The lowest BCUT2D eigenvalue weighted by atomic mass is 9.88. The second kappa shape index (κ2) is 22.6. The van der Waals surface area contributed by atoms with Gasteiger partial charge in [0.1, 0.15) is 36.7 Å². The number of carbonyl (C=O) groups excluding carboxylic acids is 5. The molecule has 9 N–H and O–H groups in total. The van der Waals surface area contributed by atoms with Crippen LogP contribution < -0.4 is 27.0 Å². The van der Waals surface area contributed by atoms with E-state index in [0.29, 0.717) is 17.5 Å². The molecule has 4 rings (SSSR count). The summed E-state index contributed by atoms with van der Waals surface area (Å²) in [4.78, 5) is 79.4. The predicted octanol–water partition coefficient (Wildman–Crippen LogP) is 3.21. The van der Waals surface area contributed by atoms with Crippen molar-refractivity contribution in [1.29, 1.82) is 5.41 Å². The third kappa shape index (κ3) is 13.8. The number of hydrogen-bond donors (Lipinski definition) is 8. The molecule has 0 fully saturated rings. The number of rotatable bonds is 22. The van der Waals surface area contributed by atoms with Crippen molar-refractivity contribution in [3.8, 4) is 0 Å². The van der Waals surface area contributed by atoms with E-state index in [0.717, 1.165) is 11.1 Å². The number of carboxylic acid groups (broad SMARTS) is 1. The summed E-state index contributed by atoms with van der Waals surface area (Å²) in [5.74, 6) is -5.40. The highest BCUT2D eigenvalue weighted by molar-refractivity contribution is 6.04. The first-order chi connectivity index (χ1) is 28.4. The van der Waals surface area contributed by atoms with Gasteiger partial charge >= 0.3 is 12.1 Å². The van der Waals surface area contributed by atoms with E-state index in [2.05, 4.69) is 27.8 Å². The second-order valence-electron chi connectivity index (χ2n) is 13.5. The number of benzene rings is 4. The lowest BCUT2D eigenvalue weighted by Crippen LogP contribution is -2.60. The van der Waals surface area contributed by atoms with Gasteiger partial charge in [0.15, 0.2) is 5.78 Å². The molecule has 0 radical (unpaired) electrons. The van der Waals surface area contributed by atoms with Gasteiger partial charge in [-0.3, -0.25) is 29.4 Å². The molecular weight excluding hydrogens is 757 g/mol. The van der Waals surface area contributed by atoms with Crippen LogP contribution in [0.4, 0.5) is 4.79 Å². The average Bonchev–Trinajstić information content (AvgIpc) is 3.25. The van der Waals surface area contributed by atoms with E-state index in [1.807, 2.05) is 60.7 Å². The van der Waals surface area contributed by atoms with E-state index >= 15 is 0 Å². The van der Waals surface area contributed by atoms with Crippen LogP contribution in [0.1, 0.15) is 57.8 Å². The highest BCUT2D eigenvalue weighted by Gasteiger charge is 2.37. The van der Waals surface area contributed by atoms with E-state index in [-0.39, 0.29) is 36.9 Å². The Hall–Kier alpha value is -7.13. The van der Waals surface area contributed by atoms with E-state index in [4.69, 9.17) is 15.9 Å². The van der Waals surface area contributed by atoms with Gasteiger partial charge in [-0.25, -0.2) is 4.79 Å². The van der Waals surface area contributed by atoms with E-state index in [1.54, 1.807) is 42.5 Å². The molecule has 0 saturated heterocycles. The molecule has 15 heteroatoms. The number of amidine groups is 1. The monoisotopic (exact) mass is 804 g/mol. The average molecular weight is 805 g/mol. The Morgan fingerprint density at radius 1 is 0.712 bits per heavy atom. The minimum Gasteiger partial charge on any atom is -0.481 e. The van der Waals surface area contributed by atoms with E-state index in [9.17, 15) is 39.0 Å². The van der Waals surface area contributed by atoms with E-state index < -0.39 is 72.6 Å². The van der Waals surface area contributed by atoms with Crippen LogP contribution in [0.2, 0.25) is 0 Å². The first-order valence-electron chi connectivity index (χ1n) is 18.8. The molecule has 0 spiro atoms. The van der Waals surface area contributed by atoms with Crippen molar-refractivity contribution in [1.82, 2.24) is 21.3 Å². The molecule has 4 aromatic rings. The largest absolute Gasteiger partial charge is 0.481 e. The lowest BCUT2D eigenvalue weighted by molar-refractivity contribution is -0.138. The quantitative estimate of drug-likeness (QED) is 0.0249. The minimum absolute atomic E-state index is 0.0598. The number of aliphatic carboxylic acids is 1. The van der Waals surface area contributed by atoms with Gasteiger partial charge in [0.05, 0.1) is 0 Å². The molecule has 0 saturated carbocycles. The van der Waals surface area contributed by atoms with Crippen molar-refractivity contribution in [3.05, 3.63) is 156 Å². The molecule has 0 unspecified atom stereocenters. The van der Waals surface area contributed by atoms with Crippen LogP contribution in [0.5, 0.6) is 0 Å². The summed E-state index contributed by atoms with van der Waals surface area (Å²) >= 11 is 0. The van der Waals surface area contributed by atoms with Crippen molar-refractivity contribution in [2.24, 2.45) is 5.73 Å². The molecular formula is C44H48N6O9. The third-order valence-electron chi connectivity index (χ3n) is 9.28. The maximum atomic E-state index is 14.0. The van der Waals surface area contributed by atoms with Crippen molar-refractivity contribution in [3.63, 3.8) is 0 Å². The number of aliphatic hydroxyl groups excluding tert-OH is 1. The number of Topliss-reactive ketones (excluding diaryl/α,β-unsaturated/α-hetero) is 1. The molecule has 0 aliphatic heterocycles. The summed E-state index contributed by atoms with van der Waals surface area (Å²) in [6.45, 7) is 3.37. The molecule has 308 valence electrons. The van der Waals surface area contributed by atoms with Crippen LogP contribution in [0.3, 0.4) is 0 Å². The highest BCUT2D eigenvalue weighted by Crippen LogP contribution is 2.27. The van der Waals surface area contributed by atoms with Crippen LogP contribution >= 0.6 is 0 Å². The Morgan fingerprint density at radius 3 is 1.81 bits per heavy atom. The fourth-order valence-electron chi connectivity index (χ4n) is 6.21. The van der Waals surface area contributed by atoms with Crippen molar-refractivity contribution < 1.29 is 43.7 Å². The first kappa shape index (κ1) is 44.6. The summed E-state index contributed by atoms with van der Waals surface area (Å²) in [6.07, 6.45) is -2.57. The summed E-state index contributed by atoms with van der Waals surface area (Å²) in [7, 11) is 0. The Bertz CT molecular complexity index is 2030. The molecule has 4 amide bonds. The molecule has 0 bridgehead atoms. The Balaban J connectivity index is 1.58. The van der Waals surface area contributed by atoms with Gasteiger partial charge in [0.2, 0.25) is 17.7 Å². The normalized spacial score (nSPS) is 12.8. The number of nitrogens with one attached hydrogen (secondary N) is 5. The Morgan fingerprint density at radius 2 is 1.27 bits per heavy atom. The molecule has 0 aromatic heterocycles. The Labute approximate surface area is 341 Å². The van der Waals surface area contributed by atoms with Crippen LogP contribution in [-0.4, -0.2) is 89.0 Å². The minimum atomic E-state index is -2.09. The predicted molar refractivity (Wildman–Crippen MR) is 219 cm³/mol. The SMILES string of the molecule is C=CCOC(=O)N[C@@H](Cc1ccc(C(=N)N)cc1)C(=O)N[C@@H](CCC(=O)O)C(=O)N[C@H](C(=O)NCCC(c1ccccc1)c1ccccc1)[C@H](O)C(=O)c1ccccc1. The highest BCUT2D eigenvalue weighted by atomic mass is 16.5. The third-order valence-corrected chi connectivity index (χ3v) is 9.28. The van der Waals surface area contributed by atoms with Gasteiger partial charge in [-0.05, 0) is 29.5 Å². The topological polar surface area (TPSA) is 250 Å². The standard InChI is InChI=1S/C44H48N6O9/c1-2-26-59-44(58)49-35(27-28-18-20-32(21-19-28)40(45)46)42(56)48-34(22-23-36(51)52)41(55)50-37(39(54)38(53)31-16-10-5-11-17-31)43(57)47-25-24-33(29-12-6-3-7-13-29)30-14-8-4-9-15-30/h2-21,33-35,37,39,54H,1,22-27H2,(H3,45,46)(H,47,57)(H,48,56)(H,49,58)(H,50,55)(H,51,52)/t34-,35-,37-,39-/m0/s1. The summed E-state index contributed by atoms with van der Waals surface area (Å²) in [5.41, 5.74) is 8.53. The molecule has 0 aliphatic carbocycles. The van der Waals surface area contributed by atoms with Crippen molar-refractivity contribution >= 4 is 41.4 Å². The lowest BCUT2D eigenvalue weighted by Gasteiger charge is -2.27. The van der Waals surface area contributed by atoms with E-state index in [1.165, 1.54) is 18.2 Å². The smallest absolute Gasteiger partial charge is 0.408 e. The number of nitrogen functional groups attached to an aromatic ring is 1. The summed E-state index contributed by atoms with van der Waals surface area (Å²) in [5, 5.41) is 38.5. The van der Waals surface area contributed by atoms with Crippen LogP contribution in [0.15, 0.2) is 128 Å². The molecule has 4 aromatic carbocycles. The summed E-state index contributed by atoms with van der Waals surface area (Å²) < 4.78 is 5.00. The second-order valence-corrected chi connectivity index (χ2v) is 13.5. The number of amides is 4. The van der Waals surface area contributed by atoms with Gasteiger partial charge in [0.25, 0.3) is 0 Å². The number of ether oxygens (including phenoxy) is 1. The molecule has 4 atom stereocenters. The molecule has 59 heavy (non-hydrogen) atoms.